The van der Waals surface area contributed by atoms with Gasteiger partial charge in [-0.25, -0.2) is 4.99 Å². The lowest BCUT2D eigenvalue weighted by Crippen LogP contribution is -2.23. The summed E-state index contributed by atoms with van der Waals surface area (Å²) in [6, 6.07) is 14.0. The van der Waals surface area contributed by atoms with E-state index in [2.05, 4.69) is 37.8 Å². The molecule has 2 rings (SSSR count). The second-order valence-corrected chi connectivity index (χ2v) is 5.49. The van der Waals surface area contributed by atoms with E-state index in [1.54, 1.807) is 0 Å². The third kappa shape index (κ3) is 3.88. The smallest absolute Gasteiger partial charge is 0.130 e. The molecule has 0 amide bonds. The Labute approximate surface area is 133 Å². The SMILES string of the molecule is CCN(C)C(C)=Nc1cc(C)c(Oc2ccccc2)cc1C. The molecule has 116 valence electrons. The summed E-state index contributed by atoms with van der Waals surface area (Å²) in [5.41, 5.74) is 3.19. The standard InChI is InChI=1S/C19H24N2O/c1-6-21(5)16(4)20-18-12-15(3)19(13-14(18)2)22-17-10-8-7-9-11-17/h7-13H,6H2,1-5H3. The van der Waals surface area contributed by atoms with Gasteiger partial charge in [0.15, 0.2) is 0 Å². The van der Waals surface area contributed by atoms with Crippen molar-refractivity contribution in [2.24, 2.45) is 4.99 Å². The fraction of sp³-hybridized carbons (Fsp3) is 0.316. The summed E-state index contributed by atoms with van der Waals surface area (Å²) in [4.78, 5) is 6.85. The number of ether oxygens (including phenoxy) is 1. The number of para-hydroxylation sites is 1. The third-order valence-corrected chi connectivity index (χ3v) is 3.77. The van der Waals surface area contributed by atoms with Crippen LogP contribution in [0.15, 0.2) is 47.5 Å². The number of hydrogen-bond acceptors (Lipinski definition) is 2. The Kier molecular flexibility index (Phi) is 5.21. The number of aryl methyl sites for hydroxylation is 2. The van der Waals surface area contributed by atoms with Crippen LogP contribution in [0.25, 0.3) is 0 Å². The molecule has 0 spiro atoms. The van der Waals surface area contributed by atoms with E-state index in [1.807, 2.05) is 44.3 Å². The maximum atomic E-state index is 5.96. The van der Waals surface area contributed by atoms with Crippen molar-refractivity contribution in [1.29, 1.82) is 0 Å². The van der Waals surface area contributed by atoms with Crippen LogP contribution in [0.1, 0.15) is 25.0 Å². The van der Waals surface area contributed by atoms with Crippen molar-refractivity contribution in [3.63, 3.8) is 0 Å². The second kappa shape index (κ2) is 7.12. The maximum Gasteiger partial charge on any atom is 0.130 e. The van der Waals surface area contributed by atoms with E-state index in [1.165, 1.54) is 0 Å². The molecule has 0 radical (unpaired) electrons. The third-order valence-electron chi connectivity index (χ3n) is 3.77. The van der Waals surface area contributed by atoms with Gasteiger partial charge >= 0.3 is 0 Å². The number of amidine groups is 1. The Hall–Kier alpha value is -2.29. The van der Waals surface area contributed by atoms with Gasteiger partial charge in [-0.2, -0.15) is 0 Å². The Bertz CT molecular complexity index is 663. The molecule has 0 aromatic heterocycles. The highest BCUT2D eigenvalue weighted by Gasteiger charge is 2.07. The lowest BCUT2D eigenvalue weighted by molar-refractivity contribution is 0.478. The monoisotopic (exact) mass is 296 g/mol. The lowest BCUT2D eigenvalue weighted by atomic mass is 10.1. The van der Waals surface area contributed by atoms with Gasteiger partial charge < -0.3 is 9.64 Å². The van der Waals surface area contributed by atoms with E-state index in [-0.39, 0.29) is 0 Å². The summed E-state index contributed by atoms with van der Waals surface area (Å²) in [5.74, 6) is 2.74. The molecule has 0 heterocycles. The van der Waals surface area contributed by atoms with Crippen LogP contribution in [-0.4, -0.2) is 24.3 Å². The van der Waals surface area contributed by atoms with Crippen molar-refractivity contribution in [2.45, 2.75) is 27.7 Å². The van der Waals surface area contributed by atoms with Gasteiger partial charge in [-0.15, -0.1) is 0 Å². The quantitative estimate of drug-likeness (QED) is 0.579. The number of hydrogen-bond donors (Lipinski definition) is 0. The van der Waals surface area contributed by atoms with Gasteiger partial charge in [0.2, 0.25) is 0 Å². The summed E-state index contributed by atoms with van der Waals surface area (Å²) < 4.78 is 5.96. The Morgan fingerprint density at radius 2 is 1.77 bits per heavy atom. The van der Waals surface area contributed by atoms with Crippen LogP contribution < -0.4 is 4.74 Å². The molecule has 0 saturated carbocycles. The molecule has 0 unspecified atom stereocenters. The van der Waals surface area contributed by atoms with Crippen molar-refractivity contribution >= 4 is 11.5 Å². The molecular formula is C19H24N2O. The summed E-state index contributed by atoms with van der Waals surface area (Å²) >= 11 is 0. The zero-order valence-corrected chi connectivity index (χ0v) is 14.1. The Morgan fingerprint density at radius 3 is 2.41 bits per heavy atom. The normalized spacial score (nSPS) is 11.4. The van der Waals surface area contributed by atoms with Gasteiger partial charge in [-0.3, -0.25) is 0 Å². The lowest BCUT2D eigenvalue weighted by Gasteiger charge is -2.17. The highest BCUT2D eigenvalue weighted by atomic mass is 16.5. The molecule has 0 fully saturated rings. The van der Waals surface area contributed by atoms with Crippen LogP contribution in [-0.2, 0) is 0 Å². The average molecular weight is 296 g/mol. The molecule has 0 aliphatic rings. The Morgan fingerprint density at radius 1 is 1.09 bits per heavy atom. The van der Waals surface area contributed by atoms with Crippen LogP contribution in [0.3, 0.4) is 0 Å². The van der Waals surface area contributed by atoms with Crippen LogP contribution in [0.2, 0.25) is 0 Å². The van der Waals surface area contributed by atoms with Gasteiger partial charge in [0.25, 0.3) is 0 Å². The fourth-order valence-electron chi connectivity index (χ4n) is 2.11. The molecule has 0 aliphatic heterocycles. The molecule has 0 bridgehead atoms. The Balaban J connectivity index is 2.29. The largest absolute Gasteiger partial charge is 0.457 e. The van der Waals surface area contributed by atoms with Crippen LogP contribution >= 0.6 is 0 Å². The van der Waals surface area contributed by atoms with Crippen LogP contribution in [0.4, 0.5) is 5.69 Å². The zero-order chi connectivity index (χ0) is 16.1. The van der Waals surface area contributed by atoms with Gasteiger partial charge in [-0.05, 0) is 63.1 Å². The predicted molar refractivity (Wildman–Crippen MR) is 93.5 cm³/mol. The molecule has 0 N–H and O–H groups in total. The van der Waals surface area contributed by atoms with E-state index < -0.39 is 0 Å². The first kappa shape index (κ1) is 16.1. The highest BCUT2D eigenvalue weighted by molar-refractivity contribution is 5.83. The van der Waals surface area contributed by atoms with Crippen molar-refractivity contribution in [1.82, 2.24) is 4.90 Å². The van der Waals surface area contributed by atoms with Gasteiger partial charge in [0.1, 0.15) is 17.3 Å². The molecule has 3 heteroatoms. The number of nitrogens with zero attached hydrogens (tertiary/aromatic N) is 2. The van der Waals surface area contributed by atoms with Crippen molar-refractivity contribution in [3.8, 4) is 11.5 Å². The molecule has 2 aromatic rings. The molecule has 0 saturated heterocycles. The van der Waals surface area contributed by atoms with Crippen molar-refractivity contribution < 1.29 is 4.74 Å². The number of benzene rings is 2. The molecule has 3 nitrogen and oxygen atoms in total. The highest BCUT2D eigenvalue weighted by Crippen LogP contribution is 2.31. The summed E-state index contributed by atoms with van der Waals surface area (Å²) in [6.07, 6.45) is 0. The van der Waals surface area contributed by atoms with Gasteiger partial charge in [-0.1, -0.05) is 18.2 Å². The number of rotatable bonds is 4. The second-order valence-electron chi connectivity index (χ2n) is 5.49. The first-order valence-corrected chi connectivity index (χ1v) is 7.62. The van der Waals surface area contributed by atoms with Crippen molar-refractivity contribution in [2.75, 3.05) is 13.6 Å². The summed E-state index contributed by atoms with van der Waals surface area (Å²) in [6.45, 7) is 9.22. The molecule has 0 aliphatic carbocycles. The molecule has 2 aromatic carbocycles. The van der Waals surface area contributed by atoms with Gasteiger partial charge in [0, 0.05) is 13.6 Å². The fourth-order valence-corrected chi connectivity index (χ4v) is 2.11. The van der Waals surface area contributed by atoms with E-state index in [0.29, 0.717) is 0 Å². The molecule has 0 atom stereocenters. The van der Waals surface area contributed by atoms with E-state index in [0.717, 1.165) is 40.7 Å². The first-order chi connectivity index (χ1) is 10.5. The number of aliphatic imine (C=N–C) groups is 1. The van der Waals surface area contributed by atoms with E-state index >= 15 is 0 Å². The van der Waals surface area contributed by atoms with Crippen LogP contribution in [0, 0.1) is 13.8 Å². The van der Waals surface area contributed by atoms with E-state index in [9.17, 15) is 0 Å². The maximum absolute atomic E-state index is 5.96. The minimum Gasteiger partial charge on any atom is -0.457 e. The minimum atomic E-state index is 0.850. The minimum absolute atomic E-state index is 0.850. The first-order valence-electron chi connectivity index (χ1n) is 7.62. The van der Waals surface area contributed by atoms with Gasteiger partial charge in [0.05, 0.1) is 5.69 Å². The molecular weight excluding hydrogens is 272 g/mol. The topological polar surface area (TPSA) is 24.8 Å². The summed E-state index contributed by atoms with van der Waals surface area (Å²) in [7, 11) is 2.05. The molecule has 22 heavy (non-hydrogen) atoms. The zero-order valence-electron chi connectivity index (χ0n) is 14.1. The average Bonchev–Trinajstić information content (AvgIpc) is 2.52. The predicted octanol–water partition coefficient (Wildman–Crippen LogP) is 5.10. The van der Waals surface area contributed by atoms with E-state index in [4.69, 9.17) is 9.73 Å². The van der Waals surface area contributed by atoms with Crippen LogP contribution in [0.5, 0.6) is 11.5 Å². The van der Waals surface area contributed by atoms with Crippen molar-refractivity contribution in [3.05, 3.63) is 53.6 Å². The summed E-state index contributed by atoms with van der Waals surface area (Å²) in [5, 5.41) is 0.